The first-order chi connectivity index (χ1) is 16.3. The van der Waals surface area contributed by atoms with Crippen LogP contribution in [0, 0.1) is 0 Å². The van der Waals surface area contributed by atoms with Crippen molar-refractivity contribution in [2.24, 2.45) is 0 Å². The fourth-order valence-corrected chi connectivity index (χ4v) is 3.16. The Morgan fingerprint density at radius 2 is 1.71 bits per heavy atom. The highest BCUT2D eigenvalue weighted by Crippen LogP contribution is 2.36. The summed E-state index contributed by atoms with van der Waals surface area (Å²) in [5.41, 5.74) is 0.945. The van der Waals surface area contributed by atoms with Gasteiger partial charge in [-0.15, -0.1) is 12.4 Å². The molecule has 0 saturated carbocycles. The van der Waals surface area contributed by atoms with Crippen molar-refractivity contribution in [2.45, 2.75) is 26.2 Å². The lowest BCUT2D eigenvalue weighted by molar-refractivity contribution is 0.262. The monoisotopic (exact) mass is 499 g/mol. The molecule has 4 aromatic rings. The number of halogens is 1. The van der Waals surface area contributed by atoms with Crippen molar-refractivity contribution in [3.63, 3.8) is 0 Å². The number of benzene rings is 2. The zero-order valence-corrected chi connectivity index (χ0v) is 20.7. The van der Waals surface area contributed by atoms with Crippen LogP contribution in [0.15, 0.2) is 53.3 Å². The predicted octanol–water partition coefficient (Wildman–Crippen LogP) is 5.79. The smallest absolute Gasteiger partial charge is 0.324 e. The molecular weight excluding hydrogens is 474 g/mol. The largest absolute Gasteiger partial charge is 0.493 e. The number of hydrogen-bond acceptors (Lipinski definition) is 8. The van der Waals surface area contributed by atoms with E-state index < -0.39 is 6.03 Å². The molecule has 0 bridgehead atoms. The summed E-state index contributed by atoms with van der Waals surface area (Å²) in [6.45, 7) is 5.99. The van der Waals surface area contributed by atoms with Crippen molar-refractivity contribution in [1.82, 2.24) is 15.1 Å². The zero-order chi connectivity index (χ0) is 24.3. The van der Waals surface area contributed by atoms with E-state index in [0.717, 1.165) is 0 Å². The van der Waals surface area contributed by atoms with Gasteiger partial charge in [-0.1, -0.05) is 32.0 Å². The summed E-state index contributed by atoms with van der Waals surface area (Å²) in [5.74, 6) is 2.90. The molecule has 184 valence electrons. The van der Waals surface area contributed by atoms with Crippen molar-refractivity contribution < 1.29 is 23.5 Å². The minimum Gasteiger partial charge on any atom is -0.493 e. The summed E-state index contributed by atoms with van der Waals surface area (Å²) in [5, 5.41) is 9.95. The number of rotatable bonds is 6. The van der Waals surface area contributed by atoms with Gasteiger partial charge in [-0.2, -0.15) is 0 Å². The third-order valence-electron chi connectivity index (χ3n) is 4.90. The van der Waals surface area contributed by atoms with Crippen LogP contribution in [0.3, 0.4) is 0 Å². The zero-order valence-electron chi connectivity index (χ0n) is 19.9. The molecule has 11 heteroatoms. The molecule has 0 aliphatic heterocycles. The Balaban J connectivity index is 0.00000342. The van der Waals surface area contributed by atoms with Crippen molar-refractivity contribution in [3.05, 3.63) is 54.6 Å². The number of methoxy groups -OCH3 is 2. The van der Waals surface area contributed by atoms with Gasteiger partial charge in [0.25, 0.3) is 0 Å². The average molecular weight is 500 g/mol. The van der Waals surface area contributed by atoms with Gasteiger partial charge in [0.05, 0.1) is 25.1 Å². The molecule has 0 spiro atoms. The summed E-state index contributed by atoms with van der Waals surface area (Å²) in [6, 6.07) is 11.7. The molecule has 0 fully saturated rings. The number of fused-ring (bicyclic) bond motifs is 1. The van der Waals surface area contributed by atoms with E-state index in [1.165, 1.54) is 6.33 Å². The quantitative estimate of drug-likeness (QED) is 0.342. The molecule has 0 aliphatic rings. The van der Waals surface area contributed by atoms with E-state index >= 15 is 0 Å². The topological polar surface area (TPSA) is 121 Å². The van der Waals surface area contributed by atoms with Crippen LogP contribution in [0.2, 0.25) is 0 Å². The van der Waals surface area contributed by atoms with Gasteiger partial charge in [0.1, 0.15) is 17.8 Å². The van der Waals surface area contributed by atoms with Crippen molar-refractivity contribution in [2.75, 3.05) is 24.9 Å². The van der Waals surface area contributed by atoms with Crippen LogP contribution in [-0.4, -0.2) is 35.4 Å². The number of nitrogens with one attached hydrogen (secondary N) is 2. The average Bonchev–Trinajstić information content (AvgIpc) is 3.27. The van der Waals surface area contributed by atoms with E-state index in [0.29, 0.717) is 51.3 Å². The summed E-state index contributed by atoms with van der Waals surface area (Å²) >= 11 is 0. The Bertz CT molecular complexity index is 1340. The number of urea groups is 1. The first-order valence-electron chi connectivity index (χ1n) is 10.5. The van der Waals surface area contributed by atoms with Crippen molar-refractivity contribution in [3.8, 4) is 23.1 Å². The summed E-state index contributed by atoms with van der Waals surface area (Å²) < 4.78 is 22.0. The molecule has 0 radical (unpaired) electrons. The molecule has 0 atom stereocenters. The lowest BCUT2D eigenvalue weighted by Crippen LogP contribution is -2.19. The lowest BCUT2D eigenvalue weighted by Gasteiger charge is -2.12. The van der Waals surface area contributed by atoms with E-state index in [-0.39, 0.29) is 17.8 Å². The van der Waals surface area contributed by atoms with Gasteiger partial charge in [-0.05, 0) is 18.2 Å². The number of ether oxygens (including phenoxy) is 3. The molecule has 2 aromatic heterocycles. The van der Waals surface area contributed by atoms with Gasteiger partial charge in [-0.25, -0.2) is 14.8 Å². The Hall–Kier alpha value is -4.05. The lowest BCUT2D eigenvalue weighted by atomic mass is 9.93. The third-order valence-corrected chi connectivity index (χ3v) is 4.90. The molecular formula is C24H26ClN5O5. The highest BCUT2D eigenvalue weighted by atomic mass is 35.5. The van der Waals surface area contributed by atoms with E-state index in [9.17, 15) is 4.79 Å². The third kappa shape index (κ3) is 5.90. The van der Waals surface area contributed by atoms with E-state index in [1.807, 2.05) is 20.8 Å². The fourth-order valence-electron chi connectivity index (χ4n) is 3.16. The minimum atomic E-state index is -0.463. The molecule has 4 rings (SSSR count). The summed E-state index contributed by atoms with van der Waals surface area (Å²) in [4.78, 5) is 21.0. The molecule has 2 heterocycles. The molecule has 35 heavy (non-hydrogen) atoms. The Morgan fingerprint density at radius 1 is 0.971 bits per heavy atom. The number of carbonyl (C=O) groups excluding carboxylic acids is 1. The van der Waals surface area contributed by atoms with Crippen molar-refractivity contribution >= 4 is 40.8 Å². The molecule has 0 saturated heterocycles. The van der Waals surface area contributed by atoms with Crippen LogP contribution in [-0.2, 0) is 5.41 Å². The number of anilines is 2. The minimum absolute atomic E-state index is 0. The molecule has 2 amide bonds. The second-order valence-electron chi connectivity index (χ2n) is 8.44. The first kappa shape index (κ1) is 25.6. The summed E-state index contributed by atoms with van der Waals surface area (Å²) in [6.07, 6.45) is 1.41. The maximum Gasteiger partial charge on any atom is 0.324 e. The Morgan fingerprint density at radius 3 is 2.40 bits per heavy atom. The van der Waals surface area contributed by atoms with E-state index in [1.54, 1.807) is 56.7 Å². The van der Waals surface area contributed by atoms with Crippen LogP contribution in [0.1, 0.15) is 26.5 Å². The summed E-state index contributed by atoms with van der Waals surface area (Å²) in [7, 11) is 3.11. The predicted molar refractivity (Wildman–Crippen MR) is 134 cm³/mol. The normalized spacial score (nSPS) is 10.9. The number of aromatic nitrogens is 3. The van der Waals surface area contributed by atoms with Gasteiger partial charge in [-0.3, -0.25) is 5.32 Å². The fraction of sp³-hybridized carbons (Fsp3) is 0.250. The first-order valence-corrected chi connectivity index (χ1v) is 10.5. The van der Waals surface area contributed by atoms with Gasteiger partial charge in [0.2, 0.25) is 5.88 Å². The van der Waals surface area contributed by atoms with E-state index in [4.69, 9.17) is 18.7 Å². The Kier molecular flexibility index (Phi) is 7.65. The van der Waals surface area contributed by atoms with Crippen LogP contribution < -0.4 is 24.8 Å². The molecule has 2 N–H and O–H groups in total. The van der Waals surface area contributed by atoms with Crippen LogP contribution in [0.4, 0.5) is 16.3 Å². The van der Waals surface area contributed by atoms with Crippen LogP contribution in [0.25, 0.3) is 10.9 Å². The maximum atomic E-state index is 12.4. The van der Waals surface area contributed by atoms with Crippen LogP contribution >= 0.6 is 12.4 Å². The SMILES string of the molecule is COc1cc2ncnc(Oc3cccc(NC(=O)Nc4cc(C(C)(C)C)on4)c3)c2cc1OC.Cl. The van der Waals surface area contributed by atoms with E-state index in [2.05, 4.69) is 25.8 Å². The van der Waals surface area contributed by atoms with Crippen LogP contribution in [0.5, 0.6) is 23.1 Å². The molecule has 0 aliphatic carbocycles. The standard InChI is InChI=1S/C24H25N5O5.ClH/c1-24(2,3)20-12-21(29-34-20)28-23(30)27-14-7-6-8-15(9-14)33-22-16-10-18(31-4)19(32-5)11-17(16)25-13-26-22;/h6-13H,1-5H3,(H2,27,28,29,30);1H. The number of hydrogen-bond donors (Lipinski definition) is 2. The number of carbonyl (C=O) groups is 1. The van der Waals surface area contributed by atoms with Crippen molar-refractivity contribution in [1.29, 1.82) is 0 Å². The maximum absolute atomic E-state index is 12.4. The second kappa shape index (κ2) is 10.5. The second-order valence-corrected chi connectivity index (χ2v) is 8.44. The van der Waals surface area contributed by atoms with Gasteiger partial charge in [0, 0.05) is 29.3 Å². The molecule has 0 unspecified atom stereocenters. The molecule has 10 nitrogen and oxygen atoms in total. The molecule has 2 aromatic carbocycles. The van der Waals surface area contributed by atoms with Gasteiger partial charge >= 0.3 is 6.03 Å². The van der Waals surface area contributed by atoms with Gasteiger partial charge in [0.15, 0.2) is 17.3 Å². The van der Waals surface area contributed by atoms with Gasteiger partial charge < -0.3 is 24.1 Å². The number of nitrogens with zero attached hydrogens (tertiary/aromatic N) is 3. The highest BCUT2D eigenvalue weighted by molar-refractivity contribution is 5.99. The number of amides is 2. The highest BCUT2D eigenvalue weighted by Gasteiger charge is 2.20. The Labute approximate surface area is 208 Å².